The molecule has 0 radical (unpaired) electrons. The van der Waals surface area contributed by atoms with Crippen molar-refractivity contribution in [3.63, 3.8) is 0 Å². The summed E-state index contributed by atoms with van der Waals surface area (Å²) in [6.45, 7) is -2.15. The molecule has 0 spiro atoms. The predicted octanol–water partition coefficient (Wildman–Crippen LogP) is 2.46. The van der Waals surface area contributed by atoms with Crippen LogP contribution >= 0.6 is 24.0 Å². The van der Waals surface area contributed by atoms with Gasteiger partial charge in [0.2, 0.25) is 0 Å². The molecule has 0 amide bonds. The van der Waals surface area contributed by atoms with Crippen LogP contribution < -0.4 is 15.4 Å². The first-order chi connectivity index (χ1) is 14.0. The monoisotopic (exact) mass is 540 g/mol. The maximum Gasteiger partial charge on any atom is 0.387 e. The molecule has 1 aromatic heterocycles. The Bertz CT molecular complexity index is 864. The highest BCUT2D eigenvalue weighted by Crippen LogP contribution is 2.23. The van der Waals surface area contributed by atoms with Crippen molar-refractivity contribution in [3.05, 3.63) is 41.2 Å². The SMILES string of the molecule is CN=C(NCc1c(F)cccc1OC(F)F)NC1CCc2nc(COC)nn2C1.I. The molecule has 2 N–H and O–H groups in total. The molecule has 1 aromatic carbocycles. The van der Waals surface area contributed by atoms with Crippen molar-refractivity contribution in [1.82, 2.24) is 25.4 Å². The lowest BCUT2D eigenvalue weighted by atomic mass is 10.1. The van der Waals surface area contributed by atoms with Gasteiger partial charge in [0.15, 0.2) is 11.8 Å². The molecular formula is C18H24F3IN6O2. The molecule has 0 saturated heterocycles. The van der Waals surface area contributed by atoms with Crippen molar-refractivity contribution in [1.29, 1.82) is 0 Å². The van der Waals surface area contributed by atoms with Gasteiger partial charge in [0.25, 0.3) is 0 Å². The van der Waals surface area contributed by atoms with Gasteiger partial charge in [-0.15, -0.1) is 24.0 Å². The second kappa shape index (κ2) is 11.3. The van der Waals surface area contributed by atoms with Gasteiger partial charge in [0.05, 0.1) is 6.54 Å². The minimum Gasteiger partial charge on any atom is -0.434 e. The third kappa shape index (κ3) is 6.20. The van der Waals surface area contributed by atoms with Crippen LogP contribution in [0.1, 0.15) is 23.6 Å². The van der Waals surface area contributed by atoms with E-state index in [0.29, 0.717) is 24.9 Å². The van der Waals surface area contributed by atoms with E-state index in [-0.39, 0.29) is 47.9 Å². The molecule has 3 rings (SSSR count). The number of aromatic nitrogens is 3. The van der Waals surface area contributed by atoms with Crippen LogP contribution in [0.4, 0.5) is 13.2 Å². The Kier molecular flexibility index (Phi) is 9.14. The summed E-state index contributed by atoms with van der Waals surface area (Å²) >= 11 is 0. The lowest BCUT2D eigenvalue weighted by Gasteiger charge is -2.25. The number of rotatable bonds is 7. The van der Waals surface area contributed by atoms with Crippen LogP contribution in [0.5, 0.6) is 5.75 Å². The van der Waals surface area contributed by atoms with E-state index in [1.54, 1.807) is 14.2 Å². The highest BCUT2D eigenvalue weighted by molar-refractivity contribution is 14.0. The van der Waals surface area contributed by atoms with E-state index in [4.69, 9.17) is 4.74 Å². The third-order valence-corrected chi connectivity index (χ3v) is 4.46. The summed E-state index contributed by atoms with van der Waals surface area (Å²) in [5, 5.41) is 10.6. The van der Waals surface area contributed by atoms with E-state index in [9.17, 15) is 13.2 Å². The van der Waals surface area contributed by atoms with Crippen molar-refractivity contribution >= 4 is 29.9 Å². The topological polar surface area (TPSA) is 85.6 Å². The third-order valence-electron chi connectivity index (χ3n) is 4.46. The molecule has 1 atom stereocenters. The summed E-state index contributed by atoms with van der Waals surface area (Å²) in [4.78, 5) is 8.56. The van der Waals surface area contributed by atoms with Gasteiger partial charge >= 0.3 is 6.61 Å². The fourth-order valence-corrected chi connectivity index (χ4v) is 3.15. The van der Waals surface area contributed by atoms with Crippen molar-refractivity contribution in [3.8, 4) is 5.75 Å². The van der Waals surface area contributed by atoms with Crippen LogP contribution in [-0.4, -0.2) is 47.5 Å². The van der Waals surface area contributed by atoms with E-state index in [2.05, 4.69) is 30.4 Å². The normalized spacial score (nSPS) is 16.1. The first-order valence-corrected chi connectivity index (χ1v) is 9.11. The van der Waals surface area contributed by atoms with Gasteiger partial charge in [0, 0.05) is 38.7 Å². The Balaban J connectivity index is 0.00000320. The molecule has 1 aliphatic heterocycles. The molecule has 1 unspecified atom stereocenters. The number of alkyl halides is 2. The fourth-order valence-electron chi connectivity index (χ4n) is 3.15. The number of nitrogens with zero attached hydrogens (tertiary/aromatic N) is 4. The summed E-state index contributed by atoms with van der Waals surface area (Å²) in [5.74, 6) is 1.11. The maximum atomic E-state index is 14.1. The number of ether oxygens (including phenoxy) is 2. The summed E-state index contributed by atoms with van der Waals surface area (Å²) < 4.78 is 50.5. The summed E-state index contributed by atoms with van der Waals surface area (Å²) in [7, 11) is 3.17. The fraction of sp³-hybridized carbons (Fsp3) is 0.500. The Morgan fingerprint density at radius 1 is 1.40 bits per heavy atom. The van der Waals surface area contributed by atoms with E-state index < -0.39 is 12.4 Å². The van der Waals surface area contributed by atoms with Gasteiger partial charge < -0.3 is 20.1 Å². The molecule has 12 heteroatoms. The molecule has 0 aliphatic carbocycles. The lowest BCUT2D eigenvalue weighted by molar-refractivity contribution is -0.0506. The van der Waals surface area contributed by atoms with Crippen LogP contribution in [0.25, 0.3) is 0 Å². The largest absolute Gasteiger partial charge is 0.434 e. The molecule has 8 nitrogen and oxygen atoms in total. The highest BCUT2D eigenvalue weighted by Gasteiger charge is 2.22. The van der Waals surface area contributed by atoms with Crippen LogP contribution in [-0.2, 0) is 30.9 Å². The van der Waals surface area contributed by atoms with Gasteiger partial charge in [0.1, 0.15) is 24.0 Å². The minimum absolute atomic E-state index is 0. The molecule has 0 bridgehead atoms. The van der Waals surface area contributed by atoms with Crippen molar-refractivity contribution in [2.45, 2.75) is 45.2 Å². The number of hydrogen-bond donors (Lipinski definition) is 2. The second-order valence-electron chi connectivity index (χ2n) is 6.46. The smallest absolute Gasteiger partial charge is 0.387 e. The van der Waals surface area contributed by atoms with Crippen molar-refractivity contribution < 1.29 is 22.6 Å². The molecule has 30 heavy (non-hydrogen) atoms. The van der Waals surface area contributed by atoms with Crippen LogP contribution in [0, 0.1) is 5.82 Å². The number of guanidine groups is 1. The lowest BCUT2D eigenvalue weighted by Crippen LogP contribution is -2.46. The Labute approximate surface area is 189 Å². The highest BCUT2D eigenvalue weighted by atomic mass is 127. The molecule has 166 valence electrons. The molecular weight excluding hydrogens is 516 g/mol. The first kappa shape index (κ1) is 24.2. The van der Waals surface area contributed by atoms with Gasteiger partial charge in [-0.05, 0) is 18.6 Å². The van der Waals surface area contributed by atoms with Crippen LogP contribution in [0.3, 0.4) is 0 Å². The van der Waals surface area contributed by atoms with Crippen molar-refractivity contribution in [2.75, 3.05) is 14.2 Å². The first-order valence-electron chi connectivity index (χ1n) is 9.11. The van der Waals surface area contributed by atoms with Gasteiger partial charge in [-0.3, -0.25) is 4.99 Å². The zero-order valence-electron chi connectivity index (χ0n) is 16.6. The van der Waals surface area contributed by atoms with E-state index in [1.807, 2.05) is 4.68 Å². The number of nitrogens with one attached hydrogen (secondary N) is 2. The summed E-state index contributed by atoms with van der Waals surface area (Å²) in [5.41, 5.74) is 0.00200. The van der Waals surface area contributed by atoms with Gasteiger partial charge in [-0.25, -0.2) is 14.1 Å². The van der Waals surface area contributed by atoms with Crippen LogP contribution in [0.15, 0.2) is 23.2 Å². The molecule has 1 aliphatic rings. The number of methoxy groups -OCH3 is 1. The molecule has 0 fully saturated rings. The molecule has 2 heterocycles. The van der Waals surface area contributed by atoms with Crippen molar-refractivity contribution in [2.24, 2.45) is 4.99 Å². The van der Waals surface area contributed by atoms with E-state index in [1.165, 1.54) is 18.2 Å². The number of fused-ring (bicyclic) bond motifs is 1. The number of hydrogen-bond acceptors (Lipinski definition) is 5. The minimum atomic E-state index is -3.03. The summed E-state index contributed by atoms with van der Waals surface area (Å²) in [6, 6.07) is 3.84. The number of halogens is 4. The molecule has 0 saturated carbocycles. The van der Waals surface area contributed by atoms with Crippen LogP contribution in [0.2, 0.25) is 0 Å². The number of aryl methyl sites for hydroxylation is 1. The quantitative estimate of drug-likeness (QED) is 0.319. The Morgan fingerprint density at radius 3 is 2.90 bits per heavy atom. The number of benzene rings is 1. The average Bonchev–Trinajstić information content (AvgIpc) is 3.08. The van der Waals surface area contributed by atoms with E-state index >= 15 is 0 Å². The molecule has 2 aromatic rings. The Morgan fingerprint density at radius 2 is 2.20 bits per heavy atom. The zero-order chi connectivity index (χ0) is 20.8. The maximum absolute atomic E-state index is 14.1. The predicted molar refractivity (Wildman–Crippen MR) is 115 cm³/mol. The summed E-state index contributed by atoms with van der Waals surface area (Å²) in [6.07, 6.45) is 1.55. The number of aliphatic imine (C=N–C) groups is 1. The van der Waals surface area contributed by atoms with Gasteiger partial charge in [-0.2, -0.15) is 13.9 Å². The average molecular weight is 540 g/mol. The Hall–Kier alpha value is -2.09. The standard InChI is InChI=1S/C18H23F3N6O2.HI/c1-22-18(23-8-12-13(19)4-3-5-14(12)29-17(20)21)24-11-6-7-16-25-15(10-28-2)26-27(16)9-11;/h3-5,11,17H,6-10H2,1-2H3,(H2,22,23,24);1H. The zero-order valence-corrected chi connectivity index (χ0v) is 18.9. The van der Waals surface area contributed by atoms with E-state index in [0.717, 1.165) is 18.7 Å². The second-order valence-corrected chi connectivity index (χ2v) is 6.46. The van der Waals surface area contributed by atoms with Gasteiger partial charge in [-0.1, -0.05) is 6.07 Å².